The fraction of sp³-hybridized carbons (Fsp3) is 0.476. The molecule has 1 aliphatic heterocycles. The van der Waals surface area contributed by atoms with Crippen LogP contribution in [0.25, 0.3) is 5.69 Å². The van der Waals surface area contributed by atoms with Crippen molar-refractivity contribution in [3.05, 3.63) is 47.3 Å². The summed E-state index contributed by atoms with van der Waals surface area (Å²) < 4.78 is 7.20. The molecule has 3 rings (SSSR count). The molecule has 0 N–H and O–H groups in total. The van der Waals surface area contributed by atoms with Crippen molar-refractivity contribution in [1.29, 1.82) is 0 Å². The van der Waals surface area contributed by atoms with Crippen LogP contribution in [0.3, 0.4) is 0 Å². The molecule has 1 saturated heterocycles. The summed E-state index contributed by atoms with van der Waals surface area (Å²) in [6.45, 7) is 11.4. The Labute approximate surface area is 165 Å². The Morgan fingerprint density at radius 1 is 1.04 bits per heavy atom. The minimum atomic E-state index is -0.522. The average Bonchev–Trinajstić information content (AvgIpc) is 3.01. The first-order valence-corrected chi connectivity index (χ1v) is 9.54. The van der Waals surface area contributed by atoms with Gasteiger partial charge in [-0.1, -0.05) is 12.1 Å². The zero-order valence-electron chi connectivity index (χ0n) is 17.2. The first kappa shape index (κ1) is 19.9. The smallest absolute Gasteiger partial charge is 0.410 e. The lowest BCUT2D eigenvalue weighted by molar-refractivity contribution is 0.0140. The summed E-state index contributed by atoms with van der Waals surface area (Å²) in [7, 11) is 0. The van der Waals surface area contributed by atoms with E-state index in [4.69, 9.17) is 4.74 Å². The second kappa shape index (κ2) is 7.66. The van der Waals surface area contributed by atoms with Gasteiger partial charge >= 0.3 is 6.09 Å². The highest BCUT2D eigenvalue weighted by molar-refractivity contribution is 5.95. The summed E-state index contributed by atoms with van der Waals surface area (Å²) >= 11 is 0. The van der Waals surface area contributed by atoms with Crippen LogP contribution in [0.2, 0.25) is 0 Å². The Morgan fingerprint density at radius 3 is 2.29 bits per heavy atom. The van der Waals surface area contributed by atoms with E-state index in [2.05, 4.69) is 5.10 Å². The normalized spacial score (nSPS) is 14.9. The molecular weight excluding hydrogens is 356 g/mol. The molecule has 1 aliphatic rings. The summed E-state index contributed by atoms with van der Waals surface area (Å²) in [6.07, 6.45) is 1.29. The minimum absolute atomic E-state index is 0.0553. The van der Waals surface area contributed by atoms with Crippen LogP contribution in [0, 0.1) is 13.8 Å². The standard InChI is InChI=1S/C21H28N4O3/c1-15-7-6-8-17(13-15)25-16(2)18(14-22-25)19(26)23-9-11-24(12-10-23)20(27)28-21(3,4)5/h6-8,13-14H,9-12H2,1-5H3. The fourth-order valence-corrected chi connectivity index (χ4v) is 3.23. The number of aryl methyl sites for hydroxylation is 1. The Kier molecular flexibility index (Phi) is 5.45. The van der Waals surface area contributed by atoms with Gasteiger partial charge in [-0.15, -0.1) is 0 Å². The summed E-state index contributed by atoms with van der Waals surface area (Å²) in [5.41, 5.74) is 2.95. The Balaban J connectivity index is 1.67. The van der Waals surface area contributed by atoms with Gasteiger partial charge in [0.2, 0.25) is 0 Å². The van der Waals surface area contributed by atoms with Crippen molar-refractivity contribution in [3.8, 4) is 5.69 Å². The molecule has 2 heterocycles. The van der Waals surface area contributed by atoms with Crippen LogP contribution in [-0.4, -0.2) is 63.4 Å². The number of rotatable bonds is 2. The first-order valence-electron chi connectivity index (χ1n) is 9.54. The molecule has 0 spiro atoms. The van der Waals surface area contributed by atoms with Crippen LogP contribution in [-0.2, 0) is 4.74 Å². The number of hydrogen-bond donors (Lipinski definition) is 0. The number of amides is 2. The molecule has 0 radical (unpaired) electrons. The van der Waals surface area contributed by atoms with Gasteiger partial charge in [-0.2, -0.15) is 5.10 Å². The predicted octanol–water partition coefficient (Wildman–Crippen LogP) is 3.18. The zero-order valence-corrected chi connectivity index (χ0v) is 17.2. The lowest BCUT2D eigenvalue weighted by atomic mass is 10.2. The SMILES string of the molecule is Cc1cccc(-n2ncc(C(=O)N3CCN(C(=O)OC(C)(C)C)CC3)c2C)c1. The molecule has 0 saturated carbocycles. The molecule has 1 fully saturated rings. The highest BCUT2D eigenvalue weighted by Crippen LogP contribution is 2.18. The van der Waals surface area contributed by atoms with Gasteiger partial charge in [0.25, 0.3) is 5.91 Å². The maximum absolute atomic E-state index is 13.0. The van der Waals surface area contributed by atoms with Gasteiger partial charge in [0.1, 0.15) is 5.60 Å². The third-order valence-electron chi connectivity index (χ3n) is 4.71. The van der Waals surface area contributed by atoms with Crippen molar-refractivity contribution >= 4 is 12.0 Å². The molecule has 0 aliphatic carbocycles. The molecule has 28 heavy (non-hydrogen) atoms. The van der Waals surface area contributed by atoms with Crippen LogP contribution < -0.4 is 0 Å². The largest absolute Gasteiger partial charge is 0.444 e. The van der Waals surface area contributed by atoms with Gasteiger partial charge in [-0.05, 0) is 52.3 Å². The highest BCUT2D eigenvalue weighted by atomic mass is 16.6. The molecule has 0 atom stereocenters. The number of nitrogens with zero attached hydrogens (tertiary/aromatic N) is 4. The summed E-state index contributed by atoms with van der Waals surface area (Å²) in [5, 5.41) is 4.41. The van der Waals surface area contributed by atoms with E-state index >= 15 is 0 Å². The average molecular weight is 384 g/mol. The fourth-order valence-electron chi connectivity index (χ4n) is 3.23. The molecular formula is C21H28N4O3. The van der Waals surface area contributed by atoms with E-state index in [1.54, 1.807) is 20.7 Å². The van der Waals surface area contributed by atoms with E-state index in [9.17, 15) is 9.59 Å². The monoisotopic (exact) mass is 384 g/mol. The number of benzene rings is 1. The highest BCUT2D eigenvalue weighted by Gasteiger charge is 2.29. The topological polar surface area (TPSA) is 67.7 Å². The van der Waals surface area contributed by atoms with Crippen LogP contribution in [0.15, 0.2) is 30.5 Å². The van der Waals surface area contributed by atoms with Gasteiger partial charge in [0.15, 0.2) is 0 Å². The number of piperazine rings is 1. The van der Waals surface area contributed by atoms with Crippen LogP contribution in [0.5, 0.6) is 0 Å². The van der Waals surface area contributed by atoms with Gasteiger partial charge in [0, 0.05) is 26.2 Å². The second-order valence-corrected chi connectivity index (χ2v) is 8.15. The Bertz CT molecular complexity index is 874. The zero-order chi connectivity index (χ0) is 20.5. The summed E-state index contributed by atoms with van der Waals surface area (Å²) in [6, 6.07) is 8.01. The molecule has 2 amide bonds. The molecule has 150 valence electrons. The molecule has 0 unspecified atom stereocenters. The molecule has 1 aromatic carbocycles. The van der Waals surface area contributed by atoms with Crippen molar-refractivity contribution in [1.82, 2.24) is 19.6 Å². The minimum Gasteiger partial charge on any atom is -0.444 e. The van der Waals surface area contributed by atoms with Gasteiger partial charge < -0.3 is 14.5 Å². The third kappa shape index (κ3) is 4.35. The van der Waals surface area contributed by atoms with Crippen molar-refractivity contribution in [2.75, 3.05) is 26.2 Å². The van der Waals surface area contributed by atoms with Crippen molar-refractivity contribution in [3.63, 3.8) is 0 Å². The Hall–Kier alpha value is -2.83. The maximum Gasteiger partial charge on any atom is 0.410 e. The van der Waals surface area contributed by atoms with Gasteiger partial charge in [-0.25, -0.2) is 9.48 Å². The van der Waals surface area contributed by atoms with Crippen LogP contribution in [0.1, 0.15) is 42.4 Å². The Morgan fingerprint density at radius 2 is 1.68 bits per heavy atom. The van der Waals surface area contributed by atoms with E-state index in [0.29, 0.717) is 31.7 Å². The van der Waals surface area contributed by atoms with E-state index in [1.165, 1.54) is 0 Å². The quantitative estimate of drug-likeness (QED) is 0.798. The van der Waals surface area contributed by atoms with E-state index in [-0.39, 0.29) is 12.0 Å². The summed E-state index contributed by atoms with van der Waals surface area (Å²) in [4.78, 5) is 28.6. The number of carbonyl (C=O) groups is 2. The van der Waals surface area contributed by atoms with Crippen LogP contribution >= 0.6 is 0 Å². The number of carbonyl (C=O) groups excluding carboxylic acids is 2. The van der Waals surface area contributed by atoms with Crippen molar-refractivity contribution in [2.24, 2.45) is 0 Å². The number of hydrogen-bond acceptors (Lipinski definition) is 4. The first-order chi connectivity index (χ1) is 13.2. The maximum atomic E-state index is 13.0. The van der Waals surface area contributed by atoms with E-state index in [1.807, 2.05) is 58.9 Å². The number of aromatic nitrogens is 2. The van der Waals surface area contributed by atoms with Crippen molar-refractivity contribution in [2.45, 2.75) is 40.2 Å². The molecule has 2 aromatic rings. The van der Waals surface area contributed by atoms with Crippen molar-refractivity contribution < 1.29 is 14.3 Å². The number of ether oxygens (including phenoxy) is 1. The molecule has 0 bridgehead atoms. The lowest BCUT2D eigenvalue weighted by Gasteiger charge is -2.35. The molecule has 1 aromatic heterocycles. The van der Waals surface area contributed by atoms with Gasteiger partial charge in [-0.3, -0.25) is 4.79 Å². The predicted molar refractivity (Wildman–Crippen MR) is 107 cm³/mol. The third-order valence-corrected chi connectivity index (χ3v) is 4.71. The van der Waals surface area contributed by atoms with E-state index < -0.39 is 5.60 Å². The van der Waals surface area contributed by atoms with E-state index in [0.717, 1.165) is 16.9 Å². The second-order valence-electron chi connectivity index (χ2n) is 8.15. The molecule has 7 heteroatoms. The van der Waals surface area contributed by atoms with Crippen LogP contribution in [0.4, 0.5) is 4.79 Å². The lowest BCUT2D eigenvalue weighted by Crippen LogP contribution is -2.51. The molecule has 7 nitrogen and oxygen atoms in total. The summed E-state index contributed by atoms with van der Waals surface area (Å²) in [5.74, 6) is -0.0553. The van der Waals surface area contributed by atoms with Gasteiger partial charge in [0.05, 0.1) is 23.1 Å².